The molecule has 11 heteroatoms. The zero-order chi connectivity index (χ0) is 21.3. The Labute approximate surface area is 180 Å². The fraction of sp³-hybridized carbons (Fsp3) is 0.111. The lowest BCUT2D eigenvalue weighted by Gasteiger charge is -2.09. The second-order valence-electron chi connectivity index (χ2n) is 6.12. The largest absolute Gasteiger partial charge is 0.321 e. The predicted octanol–water partition coefficient (Wildman–Crippen LogP) is 5.19. The number of aryl methyl sites for hydroxylation is 1. The van der Waals surface area contributed by atoms with Crippen LogP contribution in [0.15, 0.2) is 36.5 Å². The summed E-state index contributed by atoms with van der Waals surface area (Å²) in [5, 5.41) is 3.07. The lowest BCUT2D eigenvalue weighted by atomic mass is 10.1. The zero-order valence-corrected chi connectivity index (χ0v) is 18.2. The Balaban J connectivity index is 1.87. The smallest absolute Gasteiger partial charge is 0.265 e. The summed E-state index contributed by atoms with van der Waals surface area (Å²) in [6.45, 7) is 1.80. The van der Waals surface area contributed by atoms with E-state index in [1.54, 1.807) is 13.0 Å². The molecule has 0 aliphatic heterocycles. The van der Waals surface area contributed by atoms with Crippen molar-refractivity contribution in [2.24, 2.45) is 0 Å². The molecular weight excluding hydrogens is 460 g/mol. The highest BCUT2D eigenvalue weighted by molar-refractivity contribution is 7.92. The molecule has 0 saturated carbocycles. The molecule has 152 valence electrons. The van der Waals surface area contributed by atoms with Crippen LogP contribution in [0.4, 0.5) is 15.8 Å². The van der Waals surface area contributed by atoms with Crippen molar-refractivity contribution in [1.82, 2.24) is 4.98 Å². The molecular formula is C18H14Cl2FN3O3S2. The number of halogens is 3. The molecule has 0 bridgehead atoms. The molecule has 0 atom stereocenters. The quantitative estimate of drug-likeness (QED) is 0.533. The standard InChI is InChI=1S/C18H14Cl2FN3O3S2/c1-9-14(17-15(20)5-11(21)8-22-17)7-16(28-9)18(25)23-12-3-10(19)4-13(6-12)24-29(2,26)27/h3-8,24H,1-2H3,(H,23,25). The van der Waals surface area contributed by atoms with Crippen LogP contribution in [0.25, 0.3) is 11.3 Å². The number of pyridine rings is 1. The maximum absolute atomic E-state index is 13.2. The first-order chi connectivity index (χ1) is 13.5. The third-order valence-corrected chi connectivity index (χ3v) is 5.83. The first kappa shape index (κ1) is 21.5. The van der Waals surface area contributed by atoms with Gasteiger partial charge in [-0.3, -0.25) is 14.5 Å². The molecule has 2 N–H and O–H groups in total. The topological polar surface area (TPSA) is 88.2 Å². The zero-order valence-electron chi connectivity index (χ0n) is 15.1. The van der Waals surface area contributed by atoms with Crippen molar-refractivity contribution in [2.75, 3.05) is 16.3 Å². The van der Waals surface area contributed by atoms with E-state index >= 15 is 0 Å². The van der Waals surface area contributed by atoms with Gasteiger partial charge in [0.25, 0.3) is 5.91 Å². The highest BCUT2D eigenvalue weighted by Crippen LogP contribution is 2.34. The summed E-state index contributed by atoms with van der Waals surface area (Å²) in [6, 6.07) is 7.13. The van der Waals surface area contributed by atoms with Gasteiger partial charge in [-0.15, -0.1) is 11.3 Å². The van der Waals surface area contributed by atoms with Gasteiger partial charge in [-0.25, -0.2) is 12.8 Å². The minimum atomic E-state index is -3.50. The normalized spacial score (nSPS) is 11.3. The van der Waals surface area contributed by atoms with Crippen molar-refractivity contribution in [1.29, 1.82) is 0 Å². The molecule has 0 fully saturated rings. The van der Waals surface area contributed by atoms with Gasteiger partial charge >= 0.3 is 0 Å². The molecule has 29 heavy (non-hydrogen) atoms. The number of hydrogen-bond acceptors (Lipinski definition) is 5. The molecule has 1 aromatic carbocycles. The second kappa shape index (κ2) is 8.27. The van der Waals surface area contributed by atoms with E-state index in [0.717, 1.165) is 23.4 Å². The lowest BCUT2D eigenvalue weighted by Crippen LogP contribution is -2.12. The summed E-state index contributed by atoms with van der Waals surface area (Å²) < 4.78 is 38.4. The average Bonchev–Trinajstić information content (AvgIpc) is 2.94. The van der Waals surface area contributed by atoms with E-state index in [2.05, 4.69) is 15.0 Å². The number of nitrogens with zero attached hydrogens (tertiary/aromatic N) is 1. The number of sulfonamides is 1. The summed E-state index contributed by atoms with van der Waals surface area (Å²) in [5.74, 6) is -0.973. The fourth-order valence-corrected chi connectivity index (χ4v) is 4.52. The monoisotopic (exact) mass is 473 g/mol. The summed E-state index contributed by atoms with van der Waals surface area (Å²) in [6.07, 6.45) is 2.07. The average molecular weight is 474 g/mol. The van der Waals surface area contributed by atoms with Gasteiger partial charge < -0.3 is 5.32 Å². The first-order valence-electron chi connectivity index (χ1n) is 8.03. The third kappa shape index (κ3) is 5.45. The molecule has 2 heterocycles. The minimum absolute atomic E-state index is 0.143. The van der Waals surface area contributed by atoms with Crippen LogP contribution in [0.1, 0.15) is 14.5 Å². The van der Waals surface area contributed by atoms with Crippen LogP contribution in [-0.2, 0) is 10.0 Å². The van der Waals surface area contributed by atoms with Gasteiger partial charge in [0.1, 0.15) is 5.82 Å². The number of rotatable bonds is 5. The van der Waals surface area contributed by atoms with Crippen molar-refractivity contribution in [2.45, 2.75) is 6.92 Å². The van der Waals surface area contributed by atoms with Gasteiger partial charge in [0.05, 0.1) is 33.7 Å². The molecule has 1 amide bonds. The maximum Gasteiger partial charge on any atom is 0.265 e. The van der Waals surface area contributed by atoms with Crippen molar-refractivity contribution in [3.63, 3.8) is 0 Å². The van der Waals surface area contributed by atoms with Crippen molar-refractivity contribution >= 4 is 61.8 Å². The van der Waals surface area contributed by atoms with Gasteiger partial charge in [0, 0.05) is 21.2 Å². The molecule has 0 spiro atoms. The Morgan fingerprint density at radius 1 is 1.14 bits per heavy atom. The number of benzene rings is 1. The first-order valence-corrected chi connectivity index (χ1v) is 11.5. The molecule has 3 rings (SSSR count). The Hall–Kier alpha value is -2.20. The highest BCUT2D eigenvalue weighted by Gasteiger charge is 2.17. The molecule has 3 aromatic rings. The Morgan fingerprint density at radius 3 is 2.48 bits per heavy atom. The van der Waals surface area contributed by atoms with Gasteiger partial charge in [-0.1, -0.05) is 23.2 Å². The Bertz CT molecular complexity index is 1210. The molecule has 6 nitrogen and oxygen atoms in total. The predicted molar refractivity (Wildman–Crippen MR) is 115 cm³/mol. The van der Waals surface area contributed by atoms with E-state index < -0.39 is 21.7 Å². The molecule has 0 aliphatic rings. The SMILES string of the molecule is Cc1sc(C(=O)Nc2cc(Cl)cc(NS(C)(=O)=O)c2)cc1-c1ncc(F)cc1Cl. The minimum Gasteiger partial charge on any atom is -0.321 e. The number of anilines is 2. The van der Waals surface area contributed by atoms with E-state index in [-0.39, 0.29) is 15.7 Å². The van der Waals surface area contributed by atoms with Crippen LogP contribution in [0, 0.1) is 12.7 Å². The molecule has 0 radical (unpaired) electrons. The van der Waals surface area contributed by atoms with E-state index in [9.17, 15) is 17.6 Å². The van der Waals surface area contributed by atoms with Crippen LogP contribution in [0.5, 0.6) is 0 Å². The third-order valence-electron chi connectivity index (χ3n) is 3.66. The molecule has 0 aliphatic carbocycles. The van der Waals surface area contributed by atoms with E-state index in [1.165, 1.54) is 29.5 Å². The maximum atomic E-state index is 13.2. The summed E-state index contributed by atoms with van der Waals surface area (Å²) in [4.78, 5) is 17.8. The van der Waals surface area contributed by atoms with Gasteiger partial charge in [0.15, 0.2) is 0 Å². The summed E-state index contributed by atoms with van der Waals surface area (Å²) >= 11 is 13.3. The number of carbonyl (C=O) groups excluding carboxylic acids is 1. The van der Waals surface area contributed by atoms with Crippen LogP contribution >= 0.6 is 34.5 Å². The van der Waals surface area contributed by atoms with Gasteiger partial charge in [0.2, 0.25) is 10.0 Å². The van der Waals surface area contributed by atoms with Crippen LogP contribution in [0.3, 0.4) is 0 Å². The van der Waals surface area contributed by atoms with Crippen LogP contribution in [0.2, 0.25) is 10.0 Å². The van der Waals surface area contributed by atoms with Gasteiger partial charge in [-0.05, 0) is 37.3 Å². The second-order valence-corrected chi connectivity index (χ2v) is 9.97. The van der Waals surface area contributed by atoms with E-state index in [1.807, 2.05) is 0 Å². The van der Waals surface area contributed by atoms with E-state index in [4.69, 9.17) is 23.2 Å². The van der Waals surface area contributed by atoms with E-state index in [0.29, 0.717) is 21.8 Å². The Kier molecular flexibility index (Phi) is 6.13. The van der Waals surface area contributed by atoms with Crippen molar-refractivity contribution < 1.29 is 17.6 Å². The Morgan fingerprint density at radius 2 is 1.83 bits per heavy atom. The number of amides is 1. The molecule has 2 aromatic heterocycles. The molecule has 0 unspecified atom stereocenters. The van der Waals surface area contributed by atoms with Crippen LogP contribution < -0.4 is 10.0 Å². The van der Waals surface area contributed by atoms with Crippen LogP contribution in [-0.4, -0.2) is 25.6 Å². The number of carbonyl (C=O) groups is 1. The highest BCUT2D eigenvalue weighted by atomic mass is 35.5. The molecule has 0 saturated heterocycles. The van der Waals surface area contributed by atoms with Gasteiger partial charge in [-0.2, -0.15) is 0 Å². The number of thiophene rings is 1. The fourth-order valence-electron chi connectivity index (χ4n) is 2.57. The number of hydrogen-bond donors (Lipinski definition) is 2. The number of nitrogens with one attached hydrogen (secondary N) is 2. The van der Waals surface area contributed by atoms with Crippen molar-refractivity contribution in [3.05, 3.63) is 62.1 Å². The summed E-state index contributed by atoms with van der Waals surface area (Å²) in [5.41, 5.74) is 1.54. The summed E-state index contributed by atoms with van der Waals surface area (Å²) in [7, 11) is -3.50. The lowest BCUT2D eigenvalue weighted by molar-refractivity contribution is 0.103. The van der Waals surface area contributed by atoms with Crippen molar-refractivity contribution in [3.8, 4) is 11.3 Å². The number of aromatic nitrogens is 1.